The molecular formula is C17H15NO2. The maximum Gasteiger partial charge on any atom is 0.253 e. The molecule has 2 aromatic rings. The average Bonchev–Trinajstić information content (AvgIpc) is 2.48. The Balaban J connectivity index is 1.91. The predicted molar refractivity (Wildman–Crippen MR) is 77.9 cm³/mol. The molecule has 0 fully saturated rings. The zero-order valence-electron chi connectivity index (χ0n) is 10.9. The molecule has 3 nitrogen and oxygen atoms in total. The first kappa shape index (κ1) is 12.6. The highest BCUT2D eigenvalue weighted by Crippen LogP contribution is 2.31. The third-order valence-corrected chi connectivity index (χ3v) is 3.47. The molecule has 0 saturated heterocycles. The molecule has 20 heavy (non-hydrogen) atoms. The Hall–Kier alpha value is -2.39. The molecule has 1 aliphatic rings. The summed E-state index contributed by atoms with van der Waals surface area (Å²) in [6.07, 6.45) is 4.19. The van der Waals surface area contributed by atoms with E-state index in [2.05, 4.69) is 5.32 Å². The summed E-state index contributed by atoms with van der Waals surface area (Å²) in [7, 11) is 0. The van der Waals surface area contributed by atoms with Gasteiger partial charge in [0.15, 0.2) is 5.72 Å². The Morgan fingerprint density at radius 2 is 1.75 bits per heavy atom. The summed E-state index contributed by atoms with van der Waals surface area (Å²) in [4.78, 5) is 12.2. The quantitative estimate of drug-likeness (QED) is 0.820. The lowest BCUT2D eigenvalue weighted by molar-refractivity contribution is 0.00480. The lowest BCUT2D eigenvalue weighted by atomic mass is 9.89. The van der Waals surface area contributed by atoms with E-state index in [9.17, 15) is 9.90 Å². The van der Waals surface area contributed by atoms with Crippen LogP contribution in [0.4, 0.5) is 0 Å². The van der Waals surface area contributed by atoms with Crippen molar-refractivity contribution in [1.29, 1.82) is 0 Å². The van der Waals surface area contributed by atoms with Gasteiger partial charge in [-0.25, -0.2) is 0 Å². The standard InChI is InChI=1S/C17H15NO2/c19-16(14-8-2-1-3-9-14)18-17(20)12-6-10-13-7-4-5-11-15(13)17/h1-11,20H,12H2,(H,18,19). The summed E-state index contributed by atoms with van der Waals surface area (Å²) >= 11 is 0. The summed E-state index contributed by atoms with van der Waals surface area (Å²) in [6.45, 7) is 0. The van der Waals surface area contributed by atoms with E-state index in [1.54, 1.807) is 24.3 Å². The number of hydrogen-bond donors (Lipinski definition) is 2. The number of fused-ring (bicyclic) bond motifs is 1. The first-order valence-electron chi connectivity index (χ1n) is 6.55. The Morgan fingerprint density at radius 1 is 1.05 bits per heavy atom. The number of benzene rings is 2. The fourth-order valence-corrected chi connectivity index (χ4v) is 2.45. The van der Waals surface area contributed by atoms with Crippen LogP contribution in [0.1, 0.15) is 27.9 Å². The number of rotatable bonds is 2. The molecular weight excluding hydrogens is 250 g/mol. The normalized spacial score (nSPS) is 20.2. The first-order valence-corrected chi connectivity index (χ1v) is 6.55. The van der Waals surface area contributed by atoms with E-state index in [0.29, 0.717) is 12.0 Å². The van der Waals surface area contributed by atoms with Crippen LogP contribution >= 0.6 is 0 Å². The minimum atomic E-state index is -1.35. The van der Waals surface area contributed by atoms with Gasteiger partial charge in [0.05, 0.1) is 0 Å². The zero-order chi connectivity index (χ0) is 14.0. The van der Waals surface area contributed by atoms with Crippen LogP contribution in [0.25, 0.3) is 6.08 Å². The summed E-state index contributed by atoms with van der Waals surface area (Å²) in [6, 6.07) is 16.4. The third-order valence-electron chi connectivity index (χ3n) is 3.47. The van der Waals surface area contributed by atoms with Gasteiger partial charge in [-0.15, -0.1) is 0 Å². The SMILES string of the molecule is O=C(NC1(O)CC=Cc2ccccc21)c1ccccc1. The molecule has 2 N–H and O–H groups in total. The van der Waals surface area contributed by atoms with Crippen LogP contribution in [-0.4, -0.2) is 11.0 Å². The van der Waals surface area contributed by atoms with Crippen molar-refractivity contribution in [3.63, 3.8) is 0 Å². The van der Waals surface area contributed by atoms with Crippen LogP contribution in [0.15, 0.2) is 60.7 Å². The topological polar surface area (TPSA) is 49.3 Å². The smallest absolute Gasteiger partial charge is 0.253 e. The highest BCUT2D eigenvalue weighted by atomic mass is 16.3. The maximum atomic E-state index is 12.2. The van der Waals surface area contributed by atoms with Gasteiger partial charge >= 0.3 is 0 Å². The Bertz CT molecular complexity index is 664. The molecule has 1 amide bonds. The summed E-state index contributed by atoms with van der Waals surface area (Å²) < 4.78 is 0. The second-order valence-electron chi connectivity index (χ2n) is 4.87. The number of aliphatic hydroxyl groups is 1. The molecule has 100 valence electrons. The van der Waals surface area contributed by atoms with E-state index >= 15 is 0 Å². The first-order chi connectivity index (χ1) is 9.69. The van der Waals surface area contributed by atoms with E-state index in [1.807, 2.05) is 42.5 Å². The van der Waals surface area contributed by atoms with Crippen LogP contribution in [-0.2, 0) is 5.72 Å². The Kier molecular flexibility index (Phi) is 3.12. The molecule has 3 heteroatoms. The maximum absolute atomic E-state index is 12.2. The Morgan fingerprint density at radius 3 is 2.55 bits per heavy atom. The molecule has 0 bridgehead atoms. The van der Waals surface area contributed by atoms with Gasteiger partial charge < -0.3 is 10.4 Å². The monoisotopic (exact) mass is 265 g/mol. The van der Waals surface area contributed by atoms with Gasteiger partial charge in [0.2, 0.25) is 0 Å². The summed E-state index contributed by atoms with van der Waals surface area (Å²) in [5.41, 5.74) is 0.840. The molecule has 1 atom stereocenters. The number of nitrogens with one attached hydrogen (secondary N) is 1. The minimum Gasteiger partial charge on any atom is -0.367 e. The van der Waals surface area contributed by atoms with Gasteiger partial charge in [-0.1, -0.05) is 54.6 Å². The van der Waals surface area contributed by atoms with Gasteiger partial charge in [0, 0.05) is 17.5 Å². The summed E-state index contributed by atoms with van der Waals surface area (Å²) in [5.74, 6) is -0.279. The fraction of sp³-hybridized carbons (Fsp3) is 0.118. The van der Waals surface area contributed by atoms with Crippen molar-refractivity contribution in [1.82, 2.24) is 5.32 Å². The lowest BCUT2D eigenvalue weighted by Gasteiger charge is -2.32. The van der Waals surface area contributed by atoms with Crippen molar-refractivity contribution in [3.05, 3.63) is 77.4 Å². The highest BCUT2D eigenvalue weighted by molar-refractivity contribution is 5.94. The summed E-state index contributed by atoms with van der Waals surface area (Å²) in [5, 5.41) is 13.5. The second kappa shape index (κ2) is 4.94. The van der Waals surface area contributed by atoms with Gasteiger partial charge in [0.25, 0.3) is 5.91 Å². The van der Waals surface area contributed by atoms with E-state index in [0.717, 1.165) is 11.1 Å². The number of amides is 1. The molecule has 0 radical (unpaired) electrons. The van der Waals surface area contributed by atoms with Crippen molar-refractivity contribution in [2.45, 2.75) is 12.1 Å². The molecule has 1 unspecified atom stereocenters. The molecule has 0 heterocycles. The molecule has 1 aliphatic carbocycles. The molecule has 3 rings (SSSR count). The fourth-order valence-electron chi connectivity index (χ4n) is 2.45. The van der Waals surface area contributed by atoms with Gasteiger partial charge in [-0.2, -0.15) is 0 Å². The van der Waals surface area contributed by atoms with Crippen LogP contribution in [0.5, 0.6) is 0 Å². The molecule has 0 aliphatic heterocycles. The predicted octanol–water partition coefficient (Wildman–Crippen LogP) is 2.68. The van der Waals surface area contributed by atoms with Crippen LogP contribution < -0.4 is 5.32 Å². The lowest BCUT2D eigenvalue weighted by Crippen LogP contribution is -2.46. The second-order valence-corrected chi connectivity index (χ2v) is 4.87. The van der Waals surface area contributed by atoms with Crippen molar-refractivity contribution in [3.8, 4) is 0 Å². The van der Waals surface area contributed by atoms with Crippen LogP contribution in [0.3, 0.4) is 0 Å². The molecule has 0 aromatic heterocycles. The number of carbonyl (C=O) groups excluding carboxylic acids is 1. The van der Waals surface area contributed by atoms with Gasteiger partial charge in [-0.05, 0) is 17.7 Å². The van der Waals surface area contributed by atoms with E-state index < -0.39 is 5.72 Å². The highest BCUT2D eigenvalue weighted by Gasteiger charge is 2.33. The van der Waals surface area contributed by atoms with Crippen LogP contribution in [0.2, 0.25) is 0 Å². The average molecular weight is 265 g/mol. The Labute approximate surface area is 117 Å². The number of carbonyl (C=O) groups is 1. The van der Waals surface area contributed by atoms with E-state index in [4.69, 9.17) is 0 Å². The van der Waals surface area contributed by atoms with Crippen molar-refractivity contribution >= 4 is 12.0 Å². The van der Waals surface area contributed by atoms with Crippen molar-refractivity contribution in [2.75, 3.05) is 0 Å². The van der Waals surface area contributed by atoms with Crippen LogP contribution in [0, 0.1) is 0 Å². The molecule has 2 aromatic carbocycles. The van der Waals surface area contributed by atoms with Gasteiger partial charge in [0.1, 0.15) is 0 Å². The van der Waals surface area contributed by atoms with E-state index in [-0.39, 0.29) is 5.91 Å². The molecule has 0 saturated carbocycles. The van der Waals surface area contributed by atoms with E-state index in [1.165, 1.54) is 0 Å². The largest absolute Gasteiger partial charge is 0.367 e. The zero-order valence-corrected chi connectivity index (χ0v) is 10.9. The van der Waals surface area contributed by atoms with Gasteiger partial charge in [-0.3, -0.25) is 4.79 Å². The van der Waals surface area contributed by atoms with Crippen molar-refractivity contribution in [2.24, 2.45) is 0 Å². The third kappa shape index (κ3) is 2.24. The minimum absolute atomic E-state index is 0.279. The number of hydrogen-bond acceptors (Lipinski definition) is 2. The molecule has 0 spiro atoms. The van der Waals surface area contributed by atoms with Crippen molar-refractivity contribution < 1.29 is 9.90 Å².